The zero-order valence-electron chi connectivity index (χ0n) is 19.2. The van der Waals surface area contributed by atoms with E-state index in [1.165, 1.54) is 24.9 Å². The van der Waals surface area contributed by atoms with Gasteiger partial charge in [-0.25, -0.2) is 14.9 Å². The number of hydrogen-bond donors (Lipinski definition) is 1. The molecule has 1 atom stereocenters. The molecule has 0 aliphatic carbocycles. The lowest BCUT2D eigenvalue weighted by atomic mass is 10.1. The Bertz CT molecular complexity index is 796. The summed E-state index contributed by atoms with van der Waals surface area (Å²) in [6, 6.07) is 8.62. The van der Waals surface area contributed by atoms with Crippen LogP contribution in [0.3, 0.4) is 0 Å². The van der Waals surface area contributed by atoms with Crippen molar-refractivity contribution in [1.29, 1.82) is 0 Å². The number of ether oxygens (including phenoxy) is 1. The van der Waals surface area contributed by atoms with Gasteiger partial charge in [0.25, 0.3) is 0 Å². The van der Waals surface area contributed by atoms with Crippen LogP contribution >= 0.6 is 0 Å². The molecule has 4 rings (SSSR count). The number of carbonyl (C=O) groups excluding carboxylic acids is 1. The van der Waals surface area contributed by atoms with Crippen LogP contribution in [0, 0.1) is 0 Å². The number of nitrogens with zero attached hydrogens (tertiary/aromatic N) is 4. The molecule has 0 bridgehead atoms. The number of hydrogen-bond acceptors (Lipinski definition) is 7. The van der Waals surface area contributed by atoms with Crippen molar-refractivity contribution in [3.8, 4) is 0 Å². The fourth-order valence-corrected chi connectivity index (χ4v) is 4.28. The van der Waals surface area contributed by atoms with Crippen molar-refractivity contribution >= 4 is 23.8 Å². The van der Waals surface area contributed by atoms with Crippen LogP contribution in [0.15, 0.2) is 41.5 Å². The van der Waals surface area contributed by atoms with Gasteiger partial charge in [-0.1, -0.05) is 0 Å². The van der Waals surface area contributed by atoms with E-state index in [1.54, 1.807) is 22.5 Å². The first-order valence-electron chi connectivity index (χ1n) is 11.8. The van der Waals surface area contributed by atoms with Crippen LogP contribution in [0.4, 0.5) is 16.2 Å². The maximum absolute atomic E-state index is 12.1. The normalized spacial score (nSPS) is 21.8. The summed E-state index contributed by atoms with van der Waals surface area (Å²) in [4.78, 5) is 26.8. The smallest absolute Gasteiger partial charge is 0.410 e. The molecule has 174 valence electrons. The molecule has 0 radical (unpaired) electrons. The Labute approximate surface area is 190 Å². The minimum absolute atomic E-state index is 0.0295. The number of piperidine rings is 2. The number of amides is 1. The molecule has 1 unspecified atom stereocenters. The Morgan fingerprint density at radius 3 is 2.47 bits per heavy atom. The van der Waals surface area contributed by atoms with Crippen LogP contribution in [0.2, 0.25) is 0 Å². The van der Waals surface area contributed by atoms with Crippen LogP contribution in [-0.2, 0) is 9.57 Å². The molecule has 3 heterocycles. The summed E-state index contributed by atoms with van der Waals surface area (Å²) in [5, 5.41) is 5.29. The Hall–Kier alpha value is -2.74. The van der Waals surface area contributed by atoms with E-state index in [4.69, 9.17) is 9.57 Å². The first kappa shape index (κ1) is 22.5. The van der Waals surface area contributed by atoms with E-state index < -0.39 is 0 Å². The predicted octanol–water partition coefficient (Wildman–Crippen LogP) is 4.21. The topological polar surface area (TPSA) is 69.6 Å². The highest BCUT2D eigenvalue weighted by Gasteiger charge is 2.28. The maximum atomic E-state index is 12.1. The molecule has 3 aliphatic heterocycles. The van der Waals surface area contributed by atoms with E-state index in [2.05, 4.69) is 39.5 Å². The molecule has 2 fully saturated rings. The van der Waals surface area contributed by atoms with Crippen molar-refractivity contribution in [1.82, 2.24) is 9.96 Å². The highest BCUT2D eigenvalue weighted by molar-refractivity contribution is 5.67. The third-order valence-corrected chi connectivity index (χ3v) is 6.02. The maximum Gasteiger partial charge on any atom is 0.410 e. The summed E-state index contributed by atoms with van der Waals surface area (Å²) in [6.45, 7) is 7.28. The molecule has 1 amide bonds. The number of aliphatic imine (C=N–C) groups is 1. The van der Waals surface area contributed by atoms with Crippen LogP contribution < -0.4 is 10.2 Å². The third-order valence-electron chi connectivity index (χ3n) is 6.02. The molecular formula is C24H35N5O3. The third kappa shape index (κ3) is 5.94. The molecule has 3 aliphatic rings. The van der Waals surface area contributed by atoms with Crippen molar-refractivity contribution in [2.75, 3.05) is 36.4 Å². The minimum Gasteiger partial charge on any atom is -0.447 e. The molecule has 1 N–H and O–H groups in total. The van der Waals surface area contributed by atoms with Crippen molar-refractivity contribution in [3.63, 3.8) is 0 Å². The molecule has 1 aromatic carbocycles. The lowest BCUT2D eigenvalue weighted by Crippen LogP contribution is -2.47. The lowest BCUT2D eigenvalue weighted by Gasteiger charge is -2.36. The number of benzene rings is 1. The van der Waals surface area contributed by atoms with Gasteiger partial charge in [0.15, 0.2) is 0 Å². The molecule has 1 aromatic rings. The summed E-state index contributed by atoms with van der Waals surface area (Å²) in [7, 11) is 0. The van der Waals surface area contributed by atoms with Gasteiger partial charge >= 0.3 is 6.09 Å². The highest BCUT2D eigenvalue weighted by Crippen LogP contribution is 2.24. The van der Waals surface area contributed by atoms with Crippen LogP contribution in [0.1, 0.15) is 46.0 Å². The van der Waals surface area contributed by atoms with Gasteiger partial charge in [-0.05, 0) is 76.3 Å². The van der Waals surface area contributed by atoms with Crippen LogP contribution in [0.5, 0.6) is 0 Å². The van der Waals surface area contributed by atoms with Crippen LogP contribution in [0.25, 0.3) is 0 Å². The van der Waals surface area contributed by atoms with Gasteiger partial charge in [-0.15, -0.1) is 0 Å². The average Bonchev–Trinajstić information content (AvgIpc) is 2.81. The first-order valence-corrected chi connectivity index (χ1v) is 11.8. The van der Waals surface area contributed by atoms with Crippen molar-refractivity contribution in [3.05, 3.63) is 36.5 Å². The summed E-state index contributed by atoms with van der Waals surface area (Å²) in [5.41, 5.74) is 2.32. The molecule has 8 nitrogen and oxygen atoms in total. The van der Waals surface area contributed by atoms with Gasteiger partial charge < -0.3 is 19.9 Å². The molecule has 0 spiro atoms. The van der Waals surface area contributed by atoms with Gasteiger partial charge in [-0.3, -0.25) is 4.84 Å². The second-order valence-electron chi connectivity index (χ2n) is 8.87. The number of nitrogens with one attached hydrogen (secondary N) is 1. The van der Waals surface area contributed by atoms with E-state index in [1.807, 2.05) is 19.9 Å². The molecule has 0 saturated carbocycles. The van der Waals surface area contributed by atoms with Crippen LogP contribution in [-0.4, -0.2) is 66.9 Å². The Morgan fingerprint density at radius 1 is 1.06 bits per heavy atom. The number of hydroxylamine groups is 2. The van der Waals surface area contributed by atoms with E-state index in [-0.39, 0.29) is 24.5 Å². The molecule has 8 heteroatoms. The van der Waals surface area contributed by atoms with E-state index in [0.717, 1.165) is 31.6 Å². The highest BCUT2D eigenvalue weighted by atomic mass is 16.7. The van der Waals surface area contributed by atoms with Gasteiger partial charge in [0, 0.05) is 43.8 Å². The minimum atomic E-state index is -0.242. The van der Waals surface area contributed by atoms with E-state index >= 15 is 0 Å². The van der Waals surface area contributed by atoms with Gasteiger partial charge in [0.05, 0.1) is 12.2 Å². The average molecular weight is 442 g/mol. The SMILES string of the molecule is CC(C)OC(=O)N1CCC(ON2C=NC=CC2Nc2ccc(N3CCCCC3)cc2)CC1. The standard InChI is InChI=1S/C24H35N5O3/c1-19(2)31-24(30)28-16-11-22(12-17-28)32-29-18-25-13-10-23(29)26-20-6-8-21(9-7-20)27-14-4-3-5-15-27/h6-10,13,18-19,22-23,26H,3-5,11-12,14-17H2,1-2H3. The second kappa shape index (κ2) is 10.7. The Kier molecular flexibility index (Phi) is 7.52. The molecule has 0 aromatic heterocycles. The first-order chi connectivity index (χ1) is 15.6. The summed E-state index contributed by atoms with van der Waals surface area (Å²) >= 11 is 0. The van der Waals surface area contributed by atoms with Crippen molar-refractivity contribution in [2.45, 2.75) is 64.3 Å². The Balaban J connectivity index is 1.29. The second-order valence-corrected chi connectivity index (χ2v) is 8.87. The molecule has 32 heavy (non-hydrogen) atoms. The number of rotatable bonds is 6. The monoisotopic (exact) mass is 441 g/mol. The van der Waals surface area contributed by atoms with Crippen molar-refractivity contribution in [2.24, 2.45) is 4.99 Å². The zero-order chi connectivity index (χ0) is 22.3. The van der Waals surface area contributed by atoms with Gasteiger partial charge in [0.2, 0.25) is 0 Å². The van der Waals surface area contributed by atoms with Gasteiger partial charge in [-0.2, -0.15) is 0 Å². The summed E-state index contributed by atoms with van der Waals surface area (Å²) in [6.07, 6.45) is 10.4. The largest absolute Gasteiger partial charge is 0.447 e. The number of carbonyl (C=O) groups is 1. The fourth-order valence-electron chi connectivity index (χ4n) is 4.28. The number of likely N-dealkylation sites (tertiary alicyclic amines) is 1. The van der Waals surface area contributed by atoms with Gasteiger partial charge in [0.1, 0.15) is 12.5 Å². The van der Waals surface area contributed by atoms with E-state index in [9.17, 15) is 4.79 Å². The molecule has 2 saturated heterocycles. The summed E-state index contributed by atoms with van der Waals surface area (Å²) in [5.74, 6) is 0. The Morgan fingerprint density at radius 2 is 1.78 bits per heavy atom. The number of anilines is 2. The summed E-state index contributed by atoms with van der Waals surface area (Å²) < 4.78 is 5.30. The van der Waals surface area contributed by atoms with Crippen molar-refractivity contribution < 1.29 is 14.4 Å². The van der Waals surface area contributed by atoms with E-state index in [0.29, 0.717) is 13.1 Å². The zero-order valence-corrected chi connectivity index (χ0v) is 19.2. The lowest BCUT2D eigenvalue weighted by molar-refractivity contribution is -0.165. The molecular weight excluding hydrogens is 406 g/mol. The fraction of sp³-hybridized carbons (Fsp3) is 0.583. The predicted molar refractivity (Wildman–Crippen MR) is 127 cm³/mol. The quantitative estimate of drug-likeness (QED) is 0.713.